The first-order chi connectivity index (χ1) is 27.6. The van der Waals surface area contributed by atoms with E-state index >= 15 is 0 Å². The van der Waals surface area contributed by atoms with Gasteiger partial charge in [0, 0.05) is 25.1 Å². The van der Waals surface area contributed by atoms with Crippen molar-refractivity contribution in [1.82, 2.24) is 34.3 Å². The van der Waals surface area contributed by atoms with Crippen molar-refractivity contribution >= 4 is 50.5 Å². The van der Waals surface area contributed by atoms with Crippen LogP contribution in [0.3, 0.4) is 0 Å². The van der Waals surface area contributed by atoms with Crippen LogP contribution in [0, 0.1) is 0 Å². The Morgan fingerprint density at radius 3 is 2.44 bits per heavy atom. The fraction of sp³-hybridized carbons (Fsp3) is 0.325. The summed E-state index contributed by atoms with van der Waals surface area (Å²) in [5.41, 5.74) is 8.49. The van der Waals surface area contributed by atoms with Gasteiger partial charge in [-0.15, -0.1) is 0 Å². The van der Waals surface area contributed by atoms with Crippen LogP contribution in [-0.4, -0.2) is 92.5 Å². The van der Waals surface area contributed by atoms with Crippen LogP contribution >= 0.6 is 0 Å². The zero-order chi connectivity index (χ0) is 39.7. The van der Waals surface area contributed by atoms with E-state index in [0.717, 1.165) is 16.2 Å². The molecule has 5 aromatic rings. The average Bonchev–Trinajstić information content (AvgIpc) is 3.73. The number of nitrogens with zero attached hydrogens (tertiary/aromatic N) is 6. The molecule has 8 rings (SSSR count). The summed E-state index contributed by atoms with van der Waals surface area (Å²) in [6.45, 7) is 0.817. The summed E-state index contributed by atoms with van der Waals surface area (Å²) in [6, 6.07) is 20.3. The van der Waals surface area contributed by atoms with Crippen LogP contribution in [0.15, 0.2) is 79.1 Å². The molecule has 3 aromatic carbocycles. The molecule has 3 aliphatic rings. The van der Waals surface area contributed by atoms with Crippen molar-refractivity contribution in [3.05, 3.63) is 90.3 Å². The minimum atomic E-state index is -3.61. The van der Waals surface area contributed by atoms with Gasteiger partial charge in [0.15, 0.2) is 5.65 Å². The van der Waals surface area contributed by atoms with Gasteiger partial charge in [0.2, 0.25) is 21.8 Å². The molecule has 3 aliphatic heterocycles. The minimum Gasteiger partial charge on any atom is -0.493 e. The topological polar surface area (TPSA) is 209 Å². The van der Waals surface area contributed by atoms with Gasteiger partial charge in [0.25, 0.3) is 11.8 Å². The molecule has 2 saturated heterocycles. The Hall–Kier alpha value is -6.20. The van der Waals surface area contributed by atoms with Crippen LogP contribution in [0.25, 0.3) is 22.3 Å². The number of nitrogens with one attached hydrogen (secondary N) is 1. The number of hydrogen-bond acceptors (Lipinski definition) is 12. The van der Waals surface area contributed by atoms with Gasteiger partial charge in [0.1, 0.15) is 41.1 Å². The lowest BCUT2D eigenvalue weighted by Crippen LogP contribution is -2.54. The van der Waals surface area contributed by atoms with Gasteiger partial charge < -0.3 is 15.2 Å². The summed E-state index contributed by atoms with van der Waals surface area (Å²) in [5.74, 6) is -0.575. The normalized spacial score (nSPS) is 18.8. The van der Waals surface area contributed by atoms with Gasteiger partial charge in [-0.25, -0.2) is 23.1 Å². The molecule has 0 bridgehead atoms. The Labute approximate surface area is 328 Å². The second kappa shape index (κ2) is 15.7. The number of benzene rings is 3. The van der Waals surface area contributed by atoms with Crippen LogP contribution in [0.4, 0.5) is 5.82 Å². The molecule has 3 N–H and O–H groups in total. The molecule has 17 heteroatoms. The number of rotatable bonds is 13. The van der Waals surface area contributed by atoms with E-state index in [1.54, 1.807) is 16.8 Å². The zero-order valence-corrected chi connectivity index (χ0v) is 31.7. The molecular weight excluding hydrogens is 753 g/mol. The molecule has 2 fully saturated rings. The predicted octanol–water partition coefficient (Wildman–Crippen LogP) is 4.49. The van der Waals surface area contributed by atoms with Gasteiger partial charge in [-0.2, -0.15) is 9.40 Å². The maximum atomic E-state index is 13.6. The molecule has 57 heavy (non-hydrogen) atoms. The molecule has 4 amide bonds. The van der Waals surface area contributed by atoms with Crippen LogP contribution in [0.2, 0.25) is 0 Å². The third-order valence-electron chi connectivity index (χ3n) is 10.5. The fourth-order valence-electron chi connectivity index (χ4n) is 7.61. The predicted molar refractivity (Wildman–Crippen MR) is 208 cm³/mol. The highest BCUT2D eigenvalue weighted by Gasteiger charge is 2.46. The number of sulfonamides is 1. The van der Waals surface area contributed by atoms with Crippen LogP contribution in [0.1, 0.15) is 71.7 Å². The number of unbranched alkanes of at least 4 members (excludes halogenated alkanes) is 2. The largest absolute Gasteiger partial charge is 0.493 e. The summed E-state index contributed by atoms with van der Waals surface area (Å²) in [6.07, 6.45) is 4.25. The van der Waals surface area contributed by atoms with Crippen molar-refractivity contribution in [3.8, 4) is 28.5 Å². The van der Waals surface area contributed by atoms with E-state index in [1.165, 1.54) is 16.7 Å². The first-order valence-corrected chi connectivity index (χ1v) is 20.5. The lowest BCUT2D eigenvalue weighted by Gasteiger charge is -2.32. The third kappa shape index (κ3) is 7.55. The summed E-state index contributed by atoms with van der Waals surface area (Å²) in [5, 5.41) is 7.73. The highest BCUT2D eigenvalue weighted by atomic mass is 32.2. The number of nitrogen functional groups attached to an aromatic ring is 1. The first-order valence-electron chi connectivity index (χ1n) is 18.9. The van der Waals surface area contributed by atoms with Crippen molar-refractivity contribution in [2.24, 2.45) is 0 Å². The number of anilines is 1. The van der Waals surface area contributed by atoms with Crippen LogP contribution in [-0.2, 0) is 19.6 Å². The molecule has 2 unspecified atom stereocenters. The molecule has 0 saturated carbocycles. The number of amides is 4. The summed E-state index contributed by atoms with van der Waals surface area (Å²) < 4.78 is 42.4. The number of piperidine rings is 2. The van der Waals surface area contributed by atoms with Crippen molar-refractivity contribution in [3.63, 3.8) is 0 Å². The van der Waals surface area contributed by atoms with Crippen molar-refractivity contribution in [2.45, 2.75) is 57.0 Å². The maximum Gasteiger partial charge on any atom is 0.266 e. The fourth-order valence-corrected chi connectivity index (χ4v) is 9.24. The summed E-state index contributed by atoms with van der Waals surface area (Å²) >= 11 is 0. The number of fused-ring (bicyclic) bond motifs is 2. The van der Waals surface area contributed by atoms with Crippen LogP contribution in [0.5, 0.6) is 17.2 Å². The minimum absolute atomic E-state index is 0.0249. The molecule has 2 aromatic heterocycles. The number of carbonyl (C=O) groups is 4. The number of nitrogens with two attached hydrogens (primary N) is 1. The number of aromatic nitrogens is 4. The van der Waals surface area contributed by atoms with E-state index in [0.29, 0.717) is 61.1 Å². The number of imide groups is 2. The number of hydrogen-bond donors (Lipinski definition) is 2. The zero-order valence-electron chi connectivity index (χ0n) is 30.9. The highest BCUT2D eigenvalue weighted by Crippen LogP contribution is 2.36. The third-order valence-corrected chi connectivity index (χ3v) is 12.4. The Morgan fingerprint density at radius 2 is 1.65 bits per heavy atom. The first kappa shape index (κ1) is 37.7. The van der Waals surface area contributed by atoms with Crippen molar-refractivity contribution in [2.75, 3.05) is 31.2 Å². The van der Waals surface area contributed by atoms with E-state index in [-0.39, 0.29) is 60.5 Å². The smallest absolute Gasteiger partial charge is 0.266 e. The molecule has 16 nitrogen and oxygen atoms in total. The Balaban J connectivity index is 0.874. The van der Waals surface area contributed by atoms with Gasteiger partial charge in [-0.3, -0.25) is 29.4 Å². The standard InChI is InChI=1S/C40H40N8O8S/c41-36-34-35(25-14-16-28(17-15-25)56-27-10-3-1-4-11-27)45-48(37(34)43-24-42-36)26-9-8-20-46(23-26)57(53,54)22-6-2-5-21-55-31-13-7-12-29-33(31)40(52)47(39(29)51)30-18-19-32(49)44-38(30)50/h1,3-4,7,10-17,24,26,30H,2,5-6,8-9,18-23H2,(H2,41,42,43)(H,44,49,50). The second-order valence-electron chi connectivity index (χ2n) is 14.2. The van der Waals surface area contributed by atoms with Crippen molar-refractivity contribution in [1.29, 1.82) is 0 Å². The maximum absolute atomic E-state index is 13.6. The molecule has 0 radical (unpaired) electrons. The molecule has 0 aliphatic carbocycles. The van der Waals surface area contributed by atoms with E-state index < -0.39 is 39.7 Å². The SMILES string of the molecule is Nc1ncnc2c1c(-c1ccc(Oc3ccccc3)cc1)nn2C1CCCN(S(=O)(=O)CCCCCOc2cccc3c2C(=O)N(C2CCC(=O)NC2=O)C3=O)C1. The quantitative estimate of drug-likeness (QED) is 0.125. The lowest BCUT2D eigenvalue weighted by molar-refractivity contribution is -0.136. The molecule has 5 heterocycles. The van der Waals surface area contributed by atoms with Crippen molar-refractivity contribution < 1.29 is 37.1 Å². The van der Waals surface area contributed by atoms with Gasteiger partial charge in [-0.1, -0.05) is 24.3 Å². The highest BCUT2D eigenvalue weighted by molar-refractivity contribution is 7.89. The number of ether oxygens (including phenoxy) is 2. The van der Waals surface area contributed by atoms with Crippen LogP contribution < -0.4 is 20.5 Å². The second-order valence-corrected chi connectivity index (χ2v) is 16.3. The van der Waals surface area contributed by atoms with E-state index in [2.05, 4.69) is 15.3 Å². The molecule has 2 atom stereocenters. The molecule has 0 spiro atoms. The molecular formula is C40H40N8O8S. The Bertz CT molecular complexity index is 2470. The van der Waals surface area contributed by atoms with Gasteiger partial charge in [0.05, 0.1) is 34.9 Å². The monoisotopic (exact) mass is 792 g/mol. The van der Waals surface area contributed by atoms with E-state index in [9.17, 15) is 27.6 Å². The number of carbonyl (C=O) groups excluding carboxylic acids is 4. The molecule has 294 valence electrons. The van der Waals surface area contributed by atoms with E-state index in [1.807, 2.05) is 54.6 Å². The summed E-state index contributed by atoms with van der Waals surface area (Å²) in [7, 11) is -3.61. The Morgan fingerprint density at radius 1 is 0.860 bits per heavy atom. The van der Waals surface area contributed by atoms with Gasteiger partial charge in [-0.05, 0) is 87.1 Å². The van der Waals surface area contributed by atoms with Gasteiger partial charge >= 0.3 is 0 Å². The lowest BCUT2D eigenvalue weighted by atomic mass is 10.0. The summed E-state index contributed by atoms with van der Waals surface area (Å²) in [4.78, 5) is 60.1. The Kier molecular flexibility index (Phi) is 10.4. The van der Waals surface area contributed by atoms with E-state index in [4.69, 9.17) is 20.3 Å². The average molecular weight is 793 g/mol. The number of para-hydroxylation sites is 1.